The molecule has 0 radical (unpaired) electrons. The first kappa shape index (κ1) is 12.2. The van der Waals surface area contributed by atoms with Gasteiger partial charge in [0.25, 0.3) is 5.91 Å². The molecule has 0 spiro atoms. The summed E-state index contributed by atoms with van der Waals surface area (Å²) in [4.78, 5) is 19.9. The predicted octanol–water partition coefficient (Wildman–Crippen LogP) is 1.17. The van der Waals surface area contributed by atoms with Gasteiger partial charge in [-0.3, -0.25) is 9.78 Å². The molecule has 5 heteroatoms. The van der Waals surface area contributed by atoms with E-state index in [4.69, 9.17) is 5.73 Å². The van der Waals surface area contributed by atoms with Gasteiger partial charge in [-0.05, 0) is 12.5 Å². The van der Waals surface area contributed by atoms with E-state index in [0.29, 0.717) is 0 Å². The number of hydrogen-bond acceptors (Lipinski definition) is 4. The molecule has 0 fully saturated rings. The van der Waals surface area contributed by atoms with Crippen molar-refractivity contribution < 1.29 is 4.79 Å². The highest BCUT2D eigenvalue weighted by atomic mass is 16.2. The second kappa shape index (κ2) is 5.37. The van der Waals surface area contributed by atoms with Gasteiger partial charge in [0, 0.05) is 6.20 Å². The van der Waals surface area contributed by atoms with Crippen LogP contribution in [-0.4, -0.2) is 15.9 Å². The van der Waals surface area contributed by atoms with Crippen molar-refractivity contribution in [3.63, 3.8) is 0 Å². The second-order valence-electron chi connectivity index (χ2n) is 3.90. The van der Waals surface area contributed by atoms with Crippen LogP contribution in [0.1, 0.15) is 27.9 Å². The summed E-state index contributed by atoms with van der Waals surface area (Å²) in [5.41, 5.74) is 7.74. The number of hydrogen-bond donors (Lipinski definition) is 2. The Morgan fingerprint density at radius 2 is 1.94 bits per heavy atom. The lowest BCUT2D eigenvalue weighted by Gasteiger charge is -2.13. The van der Waals surface area contributed by atoms with E-state index >= 15 is 0 Å². The molecule has 0 aliphatic heterocycles. The number of nitrogens with one attached hydrogen (secondary N) is 1. The zero-order valence-electron chi connectivity index (χ0n) is 10.00. The molecule has 0 saturated carbocycles. The van der Waals surface area contributed by atoms with Crippen LogP contribution in [0.5, 0.6) is 0 Å². The molecule has 92 valence electrons. The fraction of sp³-hybridized carbons (Fsp3) is 0.154. The molecule has 1 atom stereocenters. The topological polar surface area (TPSA) is 80.9 Å². The molecule has 0 aliphatic carbocycles. The quantitative estimate of drug-likeness (QED) is 0.792. The summed E-state index contributed by atoms with van der Waals surface area (Å²) < 4.78 is 0. The smallest absolute Gasteiger partial charge is 0.272 e. The van der Waals surface area contributed by atoms with Crippen LogP contribution in [0.3, 0.4) is 0 Å². The lowest BCUT2D eigenvalue weighted by Crippen LogP contribution is -2.34. The third-order valence-corrected chi connectivity index (χ3v) is 2.46. The van der Waals surface area contributed by atoms with Crippen LogP contribution in [0, 0.1) is 6.92 Å². The van der Waals surface area contributed by atoms with E-state index in [-0.39, 0.29) is 11.6 Å². The van der Waals surface area contributed by atoms with E-state index in [9.17, 15) is 4.79 Å². The van der Waals surface area contributed by atoms with Crippen LogP contribution in [0.15, 0.2) is 42.7 Å². The van der Waals surface area contributed by atoms with Crippen LogP contribution >= 0.6 is 0 Å². The number of carbonyl (C=O) groups excluding carboxylic acids is 1. The Morgan fingerprint density at radius 3 is 2.56 bits per heavy atom. The minimum Gasteiger partial charge on any atom is -0.331 e. The third-order valence-electron chi connectivity index (χ3n) is 2.46. The summed E-state index contributed by atoms with van der Waals surface area (Å²) in [6, 6.07) is 9.33. The fourth-order valence-corrected chi connectivity index (χ4v) is 1.47. The fourth-order valence-electron chi connectivity index (χ4n) is 1.47. The number of aromatic nitrogens is 2. The molecule has 2 aromatic rings. The Morgan fingerprint density at radius 1 is 1.22 bits per heavy atom. The summed E-state index contributed by atoms with van der Waals surface area (Å²) in [6.45, 7) is 1.81. The van der Waals surface area contributed by atoms with Gasteiger partial charge in [-0.2, -0.15) is 0 Å². The van der Waals surface area contributed by atoms with Gasteiger partial charge < -0.3 is 11.1 Å². The van der Waals surface area contributed by atoms with E-state index in [1.807, 2.05) is 37.3 Å². The Balaban J connectivity index is 2.06. The van der Waals surface area contributed by atoms with Gasteiger partial charge in [-0.25, -0.2) is 4.98 Å². The normalized spacial score (nSPS) is 11.9. The van der Waals surface area contributed by atoms with Crippen LogP contribution in [-0.2, 0) is 0 Å². The highest BCUT2D eigenvalue weighted by Crippen LogP contribution is 2.07. The number of rotatable bonds is 3. The van der Waals surface area contributed by atoms with Crippen LogP contribution in [0.2, 0.25) is 0 Å². The maximum atomic E-state index is 11.8. The number of nitrogens with two attached hydrogens (primary N) is 1. The highest BCUT2D eigenvalue weighted by molar-refractivity contribution is 5.92. The molecule has 18 heavy (non-hydrogen) atoms. The molecular formula is C13H14N4O. The molecule has 0 aliphatic rings. The van der Waals surface area contributed by atoms with E-state index < -0.39 is 6.17 Å². The van der Waals surface area contributed by atoms with Gasteiger partial charge in [-0.15, -0.1) is 0 Å². The molecule has 1 aromatic heterocycles. The Hall–Kier alpha value is -2.27. The van der Waals surface area contributed by atoms with Crippen molar-refractivity contribution in [1.82, 2.24) is 15.3 Å². The van der Waals surface area contributed by atoms with Crippen molar-refractivity contribution in [2.24, 2.45) is 5.73 Å². The van der Waals surface area contributed by atoms with Gasteiger partial charge in [0.1, 0.15) is 11.9 Å². The lowest BCUT2D eigenvalue weighted by atomic mass is 10.2. The zero-order valence-corrected chi connectivity index (χ0v) is 10.00. The van der Waals surface area contributed by atoms with Crippen LogP contribution in [0.4, 0.5) is 0 Å². The maximum Gasteiger partial charge on any atom is 0.272 e. The first-order chi connectivity index (χ1) is 8.66. The first-order valence-corrected chi connectivity index (χ1v) is 5.57. The van der Waals surface area contributed by atoms with E-state index in [2.05, 4.69) is 15.3 Å². The maximum absolute atomic E-state index is 11.8. The molecule has 0 bridgehead atoms. The van der Waals surface area contributed by atoms with Crippen molar-refractivity contribution in [3.05, 3.63) is 59.7 Å². The predicted molar refractivity (Wildman–Crippen MR) is 67.6 cm³/mol. The number of aryl methyl sites for hydroxylation is 1. The molecule has 1 unspecified atom stereocenters. The molecule has 5 nitrogen and oxygen atoms in total. The van der Waals surface area contributed by atoms with E-state index in [1.165, 1.54) is 6.20 Å². The number of nitrogens with zero attached hydrogens (tertiary/aromatic N) is 2. The van der Waals surface area contributed by atoms with Crippen molar-refractivity contribution in [2.45, 2.75) is 13.1 Å². The van der Waals surface area contributed by atoms with Crippen molar-refractivity contribution in [2.75, 3.05) is 0 Å². The third kappa shape index (κ3) is 2.89. The summed E-state index contributed by atoms with van der Waals surface area (Å²) in [5, 5.41) is 2.67. The summed E-state index contributed by atoms with van der Waals surface area (Å²) in [6.07, 6.45) is 2.42. The summed E-state index contributed by atoms with van der Waals surface area (Å²) >= 11 is 0. The molecule has 1 heterocycles. The van der Waals surface area contributed by atoms with Crippen LogP contribution in [0.25, 0.3) is 0 Å². The summed E-state index contributed by atoms with van der Waals surface area (Å²) in [7, 11) is 0. The number of amides is 1. The Bertz CT molecular complexity index is 524. The van der Waals surface area contributed by atoms with E-state index in [1.54, 1.807) is 6.20 Å². The monoisotopic (exact) mass is 242 g/mol. The van der Waals surface area contributed by atoms with Gasteiger partial charge >= 0.3 is 0 Å². The molecule has 3 N–H and O–H groups in total. The second-order valence-corrected chi connectivity index (χ2v) is 3.90. The van der Waals surface area contributed by atoms with Gasteiger partial charge in [-0.1, -0.05) is 30.3 Å². The number of carbonyl (C=O) groups is 1. The largest absolute Gasteiger partial charge is 0.331 e. The lowest BCUT2D eigenvalue weighted by molar-refractivity contribution is 0.0932. The Labute approximate surface area is 105 Å². The average molecular weight is 242 g/mol. The Kier molecular flexibility index (Phi) is 3.64. The van der Waals surface area contributed by atoms with Crippen LogP contribution < -0.4 is 11.1 Å². The van der Waals surface area contributed by atoms with E-state index in [0.717, 1.165) is 11.3 Å². The first-order valence-electron chi connectivity index (χ1n) is 5.57. The molecular weight excluding hydrogens is 228 g/mol. The van der Waals surface area contributed by atoms with Gasteiger partial charge in [0.15, 0.2) is 0 Å². The highest BCUT2D eigenvalue weighted by Gasteiger charge is 2.12. The van der Waals surface area contributed by atoms with Gasteiger partial charge in [0.2, 0.25) is 0 Å². The minimum absolute atomic E-state index is 0.256. The van der Waals surface area contributed by atoms with Gasteiger partial charge in [0.05, 0.1) is 11.9 Å². The number of benzene rings is 1. The zero-order chi connectivity index (χ0) is 13.0. The van der Waals surface area contributed by atoms with Crippen molar-refractivity contribution in [1.29, 1.82) is 0 Å². The van der Waals surface area contributed by atoms with Crippen molar-refractivity contribution >= 4 is 5.91 Å². The average Bonchev–Trinajstić information content (AvgIpc) is 2.40. The molecule has 1 amide bonds. The molecule has 1 aromatic carbocycles. The molecule has 0 saturated heterocycles. The van der Waals surface area contributed by atoms with Crippen molar-refractivity contribution in [3.8, 4) is 0 Å². The summed E-state index contributed by atoms with van der Waals surface area (Å²) in [5.74, 6) is -0.334. The molecule has 2 rings (SSSR count). The minimum atomic E-state index is -0.554. The standard InChI is InChI=1S/C13H14N4O/c1-9-7-16-11(8-15-9)13(18)17-12(14)10-5-3-2-4-6-10/h2-8,12H,14H2,1H3,(H,17,18). The SMILES string of the molecule is Cc1cnc(C(=O)NC(N)c2ccccc2)cn1.